The molecule has 1 saturated heterocycles. The molecule has 0 aliphatic carbocycles. The number of hydrogen-bond acceptors (Lipinski definition) is 4. The molecule has 1 amide bonds. The van der Waals surface area contributed by atoms with Crippen molar-refractivity contribution >= 4 is 5.91 Å². The zero-order valence-electron chi connectivity index (χ0n) is 14.7. The van der Waals surface area contributed by atoms with Gasteiger partial charge in [0.15, 0.2) is 5.82 Å². The van der Waals surface area contributed by atoms with E-state index in [4.69, 9.17) is 4.52 Å². The van der Waals surface area contributed by atoms with Crippen molar-refractivity contribution in [3.8, 4) is 11.5 Å². The van der Waals surface area contributed by atoms with Crippen molar-refractivity contribution < 1.29 is 9.32 Å². The third-order valence-corrected chi connectivity index (χ3v) is 4.90. The van der Waals surface area contributed by atoms with Gasteiger partial charge in [-0.15, -0.1) is 0 Å². The molecule has 1 aromatic heterocycles. The van der Waals surface area contributed by atoms with Crippen LogP contribution in [0, 0.1) is 0 Å². The van der Waals surface area contributed by atoms with Crippen LogP contribution in [0.15, 0.2) is 65.2 Å². The molecule has 0 radical (unpaired) electrons. The summed E-state index contributed by atoms with van der Waals surface area (Å²) < 4.78 is 5.39. The Kier molecular flexibility index (Phi) is 4.52. The molecule has 2 heterocycles. The molecule has 26 heavy (non-hydrogen) atoms. The second-order valence-electron chi connectivity index (χ2n) is 6.84. The van der Waals surface area contributed by atoms with Gasteiger partial charge in [-0.25, -0.2) is 0 Å². The first-order valence-corrected chi connectivity index (χ1v) is 8.92. The maximum Gasteiger partial charge on any atom is 0.257 e. The van der Waals surface area contributed by atoms with Gasteiger partial charge < -0.3 is 9.42 Å². The highest BCUT2D eigenvalue weighted by Gasteiger charge is 2.34. The Morgan fingerprint density at radius 3 is 2.54 bits per heavy atom. The number of amides is 1. The van der Waals surface area contributed by atoms with E-state index in [1.807, 2.05) is 53.4 Å². The minimum atomic E-state index is -0.00770. The molecule has 5 heteroatoms. The third-order valence-electron chi connectivity index (χ3n) is 4.90. The summed E-state index contributed by atoms with van der Waals surface area (Å²) in [5, 5.41) is 4.12. The Balaban J connectivity index is 1.44. The van der Waals surface area contributed by atoms with E-state index in [0.717, 1.165) is 5.56 Å². The van der Waals surface area contributed by atoms with Gasteiger partial charge in [0.1, 0.15) is 0 Å². The van der Waals surface area contributed by atoms with Gasteiger partial charge in [-0.2, -0.15) is 4.98 Å². The Morgan fingerprint density at radius 2 is 1.81 bits per heavy atom. The van der Waals surface area contributed by atoms with E-state index in [2.05, 4.69) is 29.2 Å². The number of nitrogens with zero attached hydrogens (tertiary/aromatic N) is 3. The molecule has 3 aromatic rings. The van der Waals surface area contributed by atoms with Crippen molar-refractivity contribution in [2.45, 2.75) is 25.2 Å². The van der Waals surface area contributed by atoms with Crippen LogP contribution in [0.5, 0.6) is 0 Å². The van der Waals surface area contributed by atoms with Crippen LogP contribution >= 0.6 is 0 Å². The van der Waals surface area contributed by atoms with E-state index in [1.165, 1.54) is 5.56 Å². The topological polar surface area (TPSA) is 59.2 Å². The Bertz CT molecular complexity index is 877. The molecule has 0 bridgehead atoms. The summed E-state index contributed by atoms with van der Waals surface area (Å²) in [7, 11) is 0. The number of carbonyl (C=O) groups excluding carboxylic acids is 1. The van der Waals surface area contributed by atoms with E-state index in [1.54, 1.807) is 0 Å². The van der Waals surface area contributed by atoms with E-state index >= 15 is 0 Å². The normalized spacial score (nSPS) is 18.3. The van der Waals surface area contributed by atoms with Crippen molar-refractivity contribution in [3.63, 3.8) is 0 Å². The van der Waals surface area contributed by atoms with Crippen molar-refractivity contribution in [2.75, 3.05) is 13.1 Å². The highest BCUT2D eigenvalue weighted by Crippen LogP contribution is 2.29. The van der Waals surface area contributed by atoms with E-state index in [-0.39, 0.29) is 11.8 Å². The molecule has 2 atom stereocenters. The first kappa shape index (κ1) is 16.5. The summed E-state index contributed by atoms with van der Waals surface area (Å²) in [6.07, 6.45) is 0.440. The summed E-state index contributed by atoms with van der Waals surface area (Å²) in [4.78, 5) is 18.9. The predicted molar refractivity (Wildman–Crippen MR) is 98.5 cm³/mol. The number of carbonyl (C=O) groups is 1. The van der Waals surface area contributed by atoms with Gasteiger partial charge in [0, 0.05) is 31.0 Å². The average Bonchev–Trinajstić information content (AvgIpc) is 3.31. The van der Waals surface area contributed by atoms with Gasteiger partial charge in [-0.05, 0) is 23.6 Å². The minimum Gasteiger partial charge on any atom is -0.341 e. The zero-order valence-corrected chi connectivity index (χ0v) is 14.7. The fourth-order valence-corrected chi connectivity index (χ4v) is 3.44. The minimum absolute atomic E-state index is 0.00770. The molecule has 4 rings (SSSR count). The lowest BCUT2D eigenvalue weighted by atomic mass is 10.0. The van der Waals surface area contributed by atoms with Crippen LogP contribution in [0.1, 0.15) is 36.6 Å². The molecule has 2 unspecified atom stereocenters. The number of rotatable bonds is 5. The first-order chi connectivity index (χ1) is 12.7. The maximum absolute atomic E-state index is 12.4. The van der Waals surface area contributed by atoms with E-state index < -0.39 is 0 Å². The lowest BCUT2D eigenvalue weighted by Gasteiger charge is -2.21. The number of aromatic nitrogens is 2. The van der Waals surface area contributed by atoms with Crippen molar-refractivity contribution in [3.05, 3.63) is 72.1 Å². The van der Waals surface area contributed by atoms with Crippen LogP contribution in [-0.2, 0) is 4.79 Å². The molecular weight excluding hydrogens is 326 g/mol. The van der Waals surface area contributed by atoms with Crippen LogP contribution in [0.4, 0.5) is 0 Å². The average molecular weight is 347 g/mol. The van der Waals surface area contributed by atoms with Gasteiger partial charge in [-0.3, -0.25) is 4.79 Å². The molecule has 2 aromatic carbocycles. The largest absolute Gasteiger partial charge is 0.341 e. The Hall–Kier alpha value is -2.95. The highest BCUT2D eigenvalue weighted by atomic mass is 16.5. The number of benzene rings is 2. The third kappa shape index (κ3) is 3.38. The van der Waals surface area contributed by atoms with Crippen LogP contribution in [0.25, 0.3) is 11.5 Å². The summed E-state index contributed by atoms with van der Waals surface area (Å²) in [5.41, 5.74) is 2.14. The lowest BCUT2D eigenvalue weighted by molar-refractivity contribution is -0.127. The summed E-state index contributed by atoms with van der Waals surface area (Å²) >= 11 is 0. The van der Waals surface area contributed by atoms with Crippen molar-refractivity contribution in [1.29, 1.82) is 0 Å². The van der Waals surface area contributed by atoms with Gasteiger partial charge in [0.05, 0.1) is 0 Å². The molecule has 1 fully saturated rings. The van der Waals surface area contributed by atoms with Gasteiger partial charge in [-0.1, -0.05) is 60.6 Å². The smallest absolute Gasteiger partial charge is 0.257 e. The number of hydrogen-bond donors (Lipinski definition) is 0. The quantitative estimate of drug-likeness (QED) is 0.703. The monoisotopic (exact) mass is 347 g/mol. The van der Waals surface area contributed by atoms with Crippen LogP contribution in [0.2, 0.25) is 0 Å². The molecule has 5 nitrogen and oxygen atoms in total. The first-order valence-electron chi connectivity index (χ1n) is 8.92. The fraction of sp³-hybridized carbons (Fsp3) is 0.286. The Labute approximate surface area is 152 Å². The molecule has 1 aliphatic heterocycles. The molecular formula is C21H21N3O2. The standard InChI is InChI=1S/C21H21N3O2/c1-15(16-8-4-2-5-9-16)13-24-14-18(12-19(24)25)20-22-21(26-23-20)17-10-6-3-7-11-17/h2-11,15,18H,12-14H2,1H3. The second kappa shape index (κ2) is 7.12. The van der Waals surface area contributed by atoms with Crippen LogP contribution in [-0.4, -0.2) is 34.0 Å². The summed E-state index contributed by atoms with van der Waals surface area (Å²) in [6.45, 7) is 3.50. The van der Waals surface area contributed by atoms with Gasteiger partial charge in [0.25, 0.3) is 5.89 Å². The van der Waals surface area contributed by atoms with Crippen LogP contribution < -0.4 is 0 Å². The Morgan fingerprint density at radius 1 is 1.12 bits per heavy atom. The predicted octanol–water partition coefficient (Wildman–Crippen LogP) is 3.86. The molecule has 1 aliphatic rings. The van der Waals surface area contributed by atoms with E-state index in [0.29, 0.717) is 37.1 Å². The van der Waals surface area contributed by atoms with E-state index in [9.17, 15) is 4.79 Å². The lowest BCUT2D eigenvalue weighted by Crippen LogP contribution is -2.29. The van der Waals surface area contributed by atoms with Gasteiger partial charge in [0.2, 0.25) is 5.91 Å². The second-order valence-corrected chi connectivity index (χ2v) is 6.84. The fourth-order valence-electron chi connectivity index (χ4n) is 3.44. The summed E-state index contributed by atoms with van der Waals surface area (Å²) in [6, 6.07) is 20.0. The van der Waals surface area contributed by atoms with Gasteiger partial charge >= 0.3 is 0 Å². The zero-order chi connectivity index (χ0) is 17.9. The van der Waals surface area contributed by atoms with Crippen LogP contribution in [0.3, 0.4) is 0 Å². The molecule has 132 valence electrons. The molecule has 0 saturated carbocycles. The van der Waals surface area contributed by atoms with Crippen molar-refractivity contribution in [2.24, 2.45) is 0 Å². The summed E-state index contributed by atoms with van der Waals surface area (Å²) in [5.74, 6) is 1.57. The molecule has 0 spiro atoms. The maximum atomic E-state index is 12.4. The number of likely N-dealkylation sites (tertiary alicyclic amines) is 1. The molecule has 0 N–H and O–H groups in total. The van der Waals surface area contributed by atoms with Crippen molar-refractivity contribution in [1.82, 2.24) is 15.0 Å². The highest BCUT2D eigenvalue weighted by molar-refractivity contribution is 5.79. The SMILES string of the molecule is CC(CN1CC(c2noc(-c3ccccc3)n2)CC1=O)c1ccccc1.